The Morgan fingerprint density at radius 2 is 2.05 bits per heavy atom. The SMILES string of the molecule is Cc1ccnc(Cn2c(-c3ccc(N4CC5CC4CCN5)cc3Cl)nc3c(OC4(C)CC4)ncnc32)c1. The predicted molar refractivity (Wildman–Crippen MR) is 144 cm³/mol. The summed E-state index contributed by atoms with van der Waals surface area (Å²) >= 11 is 6.99. The molecule has 3 aromatic heterocycles. The van der Waals surface area contributed by atoms with Gasteiger partial charge < -0.3 is 19.5 Å². The number of anilines is 1. The minimum atomic E-state index is -0.175. The summed E-state index contributed by atoms with van der Waals surface area (Å²) in [5, 5.41) is 4.29. The van der Waals surface area contributed by atoms with Crippen LogP contribution >= 0.6 is 11.6 Å². The summed E-state index contributed by atoms with van der Waals surface area (Å²) < 4.78 is 8.35. The molecule has 3 fully saturated rings. The molecule has 2 aliphatic heterocycles. The molecule has 0 amide bonds. The van der Waals surface area contributed by atoms with Gasteiger partial charge in [0.25, 0.3) is 0 Å². The summed E-state index contributed by atoms with van der Waals surface area (Å²) in [6, 6.07) is 11.6. The Kier molecular flexibility index (Phi) is 5.37. The first-order chi connectivity index (χ1) is 18.0. The minimum absolute atomic E-state index is 0.175. The highest BCUT2D eigenvalue weighted by Crippen LogP contribution is 2.42. The third-order valence-electron chi connectivity index (χ3n) is 7.94. The number of aryl methyl sites for hydroxylation is 1. The first kappa shape index (κ1) is 22.9. The van der Waals surface area contributed by atoms with Crippen molar-refractivity contribution in [2.75, 3.05) is 18.0 Å². The second-order valence-corrected chi connectivity index (χ2v) is 11.3. The molecule has 4 aromatic rings. The Hall–Kier alpha value is -3.23. The van der Waals surface area contributed by atoms with Gasteiger partial charge in [-0.3, -0.25) is 4.98 Å². The third kappa shape index (κ3) is 4.22. The number of imidazole rings is 1. The number of nitrogens with zero attached hydrogens (tertiary/aromatic N) is 6. The molecule has 5 heterocycles. The number of hydrogen-bond donors (Lipinski definition) is 1. The molecule has 1 N–H and O–H groups in total. The topological polar surface area (TPSA) is 81.0 Å². The lowest BCUT2D eigenvalue weighted by Gasteiger charge is -2.27. The van der Waals surface area contributed by atoms with Gasteiger partial charge in [0.2, 0.25) is 5.88 Å². The van der Waals surface area contributed by atoms with Gasteiger partial charge in [-0.25, -0.2) is 9.97 Å². The van der Waals surface area contributed by atoms with Crippen molar-refractivity contribution in [3.8, 4) is 17.3 Å². The van der Waals surface area contributed by atoms with Crippen molar-refractivity contribution < 1.29 is 4.74 Å². The van der Waals surface area contributed by atoms with Crippen LogP contribution in [0.5, 0.6) is 5.88 Å². The summed E-state index contributed by atoms with van der Waals surface area (Å²) in [6.45, 7) is 6.79. The number of nitrogens with one attached hydrogen (secondary N) is 1. The van der Waals surface area contributed by atoms with E-state index in [4.69, 9.17) is 21.3 Å². The molecule has 2 saturated heterocycles. The van der Waals surface area contributed by atoms with Crippen LogP contribution in [-0.2, 0) is 6.54 Å². The first-order valence-electron chi connectivity index (χ1n) is 13.1. The van der Waals surface area contributed by atoms with Gasteiger partial charge in [0.15, 0.2) is 11.2 Å². The lowest BCUT2D eigenvalue weighted by atomic mass is 10.0. The molecule has 1 aliphatic carbocycles. The smallest absolute Gasteiger partial charge is 0.245 e. The van der Waals surface area contributed by atoms with Gasteiger partial charge in [0.1, 0.15) is 17.8 Å². The van der Waals surface area contributed by atoms with Crippen molar-refractivity contribution >= 4 is 28.5 Å². The van der Waals surface area contributed by atoms with E-state index >= 15 is 0 Å². The van der Waals surface area contributed by atoms with Crippen molar-refractivity contribution in [3.63, 3.8) is 0 Å². The monoisotopic (exact) mass is 515 g/mol. The summed E-state index contributed by atoms with van der Waals surface area (Å²) in [5.41, 5.74) is 5.30. The Morgan fingerprint density at radius 3 is 2.84 bits per heavy atom. The molecule has 1 saturated carbocycles. The number of hydrogen-bond acceptors (Lipinski definition) is 7. The molecule has 9 heteroatoms. The van der Waals surface area contributed by atoms with Crippen LogP contribution in [0.25, 0.3) is 22.6 Å². The third-order valence-corrected chi connectivity index (χ3v) is 8.25. The molecule has 2 unspecified atom stereocenters. The Labute approximate surface area is 221 Å². The molecule has 3 aliphatic rings. The average molecular weight is 516 g/mol. The Bertz CT molecular complexity index is 1500. The number of aromatic nitrogens is 5. The summed E-state index contributed by atoms with van der Waals surface area (Å²) in [7, 11) is 0. The largest absolute Gasteiger partial charge is 0.470 e. The van der Waals surface area contributed by atoms with E-state index in [1.807, 2.05) is 12.3 Å². The fourth-order valence-corrected chi connectivity index (χ4v) is 5.94. The van der Waals surface area contributed by atoms with Gasteiger partial charge in [0.05, 0.1) is 17.3 Å². The zero-order valence-electron chi connectivity index (χ0n) is 21.1. The zero-order valence-corrected chi connectivity index (χ0v) is 21.9. The quantitative estimate of drug-likeness (QED) is 0.396. The fourth-order valence-electron chi connectivity index (χ4n) is 5.68. The second kappa shape index (κ2) is 8.67. The highest BCUT2D eigenvalue weighted by atomic mass is 35.5. The van der Waals surface area contributed by atoms with Gasteiger partial charge in [0, 0.05) is 36.1 Å². The van der Waals surface area contributed by atoms with Gasteiger partial charge >= 0.3 is 0 Å². The Balaban J connectivity index is 1.32. The lowest BCUT2D eigenvalue weighted by molar-refractivity contribution is 0.194. The zero-order chi connectivity index (χ0) is 25.1. The van der Waals surface area contributed by atoms with Gasteiger partial charge in [-0.1, -0.05) is 11.6 Å². The van der Waals surface area contributed by atoms with Crippen LogP contribution in [0.2, 0.25) is 5.02 Å². The summed E-state index contributed by atoms with van der Waals surface area (Å²) in [6.07, 6.45) is 7.78. The molecule has 190 valence electrons. The fraction of sp³-hybridized carbons (Fsp3) is 0.429. The first-order valence-corrected chi connectivity index (χ1v) is 13.5. The van der Waals surface area contributed by atoms with Gasteiger partial charge in [-0.05, 0) is 82.0 Å². The summed E-state index contributed by atoms with van der Waals surface area (Å²) in [4.78, 5) is 21.2. The van der Waals surface area contributed by atoms with E-state index < -0.39 is 0 Å². The maximum atomic E-state index is 6.99. The molecule has 2 bridgehead atoms. The number of ether oxygens (including phenoxy) is 1. The van der Waals surface area contributed by atoms with Crippen LogP contribution in [0.4, 0.5) is 5.69 Å². The van der Waals surface area contributed by atoms with Gasteiger partial charge in [-0.15, -0.1) is 0 Å². The Morgan fingerprint density at radius 1 is 1.16 bits per heavy atom. The minimum Gasteiger partial charge on any atom is -0.470 e. The van der Waals surface area contributed by atoms with Crippen molar-refractivity contribution in [2.24, 2.45) is 0 Å². The van der Waals surface area contributed by atoms with E-state index in [9.17, 15) is 0 Å². The molecule has 0 radical (unpaired) electrons. The number of pyridine rings is 1. The van der Waals surface area contributed by atoms with Crippen LogP contribution < -0.4 is 15.0 Å². The average Bonchev–Trinajstić information content (AvgIpc) is 3.39. The highest BCUT2D eigenvalue weighted by molar-refractivity contribution is 6.33. The van der Waals surface area contributed by atoms with E-state index in [0.717, 1.165) is 55.0 Å². The van der Waals surface area contributed by atoms with E-state index in [2.05, 4.69) is 67.8 Å². The molecule has 37 heavy (non-hydrogen) atoms. The maximum Gasteiger partial charge on any atom is 0.245 e. The number of piperidine rings is 1. The van der Waals surface area contributed by atoms with Crippen molar-refractivity contribution in [3.05, 3.63) is 59.1 Å². The number of fused-ring (bicyclic) bond motifs is 3. The molecule has 8 nitrogen and oxygen atoms in total. The maximum absolute atomic E-state index is 6.99. The van der Waals surface area contributed by atoms with E-state index in [0.29, 0.717) is 40.7 Å². The van der Waals surface area contributed by atoms with Gasteiger partial charge in [-0.2, -0.15) is 4.98 Å². The van der Waals surface area contributed by atoms with Crippen molar-refractivity contribution in [2.45, 2.75) is 63.8 Å². The lowest BCUT2D eigenvalue weighted by Crippen LogP contribution is -2.35. The van der Waals surface area contributed by atoms with Crippen LogP contribution in [0.3, 0.4) is 0 Å². The number of benzene rings is 1. The number of halogens is 1. The standard InChI is InChI=1S/C28H30ClN7O/c1-17-5-9-30-18(11-17)15-36-25(34-24-26(36)32-16-33-27(24)37-28(2)7-8-28)22-4-3-20(13-23(22)29)35-14-19-12-21(35)6-10-31-19/h3-5,9,11,13,16,19,21,31H,6-8,10,12,14-15H2,1-2H3. The highest BCUT2D eigenvalue weighted by Gasteiger charge is 2.41. The molecular formula is C28H30ClN7O. The van der Waals surface area contributed by atoms with Crippen LogP contribution in [0, 0.1) is 6.92 Å². The second-order valence-electron chi connectivity index (χ2n) is 10.9. The van der Waals surface area contributed by atoms with E-state index in [1.165, 1.54) is 12.1 Å². The molecule has 7 rings (SSSR count). The van der Waals surface area contributed by atoms with Crippen LogP contribution in [-0.4, -0.2) is 55.3 Å². The van der Waals surface area contributed by atoms with Crippen LogP contribution in [0.15, 0.2) is 42.9 Å². The normalized spacial score (nSPS) is 22.0. The molecule has 0 spiro atoms. The van der Waals surface area contributed by atoms with E-state index in [-0.39, 0.29) is 5.60 Å². The predicted octanol–water partition coefficient (Wildman–Crippen LogP) is 4.77. The van der Waals surface area contributed by atoms with Crippen molar-refractivity contribution in [1.29, 1.82) is 0 Å². The number of rotatable bonds is 6. The molecule has 2 atom stereocenters. The summed E-state index contributed by atoms with van der Waals surface area (Å²) in [5.74, 6) is 1.26. The van der Waals surface area contributed by atoms with Crippen LogP contribution in [0.1, 0.15) is 43.9 Å². The molecule has 1 aromatic carbocycles. The van der Waals surface area contributed by atoms with Crippen molar-refractivity contribution in [1.82, 2.24) is 29.8 Å². The molecular weight excluding hydrogens is 486 g/mol. The van der Waals surface area contributed by atoms with E-state index in [1.54, 1.807) is 6.33 Å².